The van der Waals surface area contributed by atoms with Gasteiger partial charge in [-0.25, -0.2) is 0 Å². The highest BCUT2D eigenvalue weighted by Crippen LogP contribution is 2.29. The number of benzene rings is 1. The molecule has 3 heteroatoms. The number of hydrogen-bond acceptors (Lipinski definition) is 3. The molecule has 1 aliphatic carbocycles. The fourth-order valence-electron chi connectivity index (χ4n) is 2.76. The Morgan fingerprint density at radius 2 is 1.95 bits per heavy atom. The molecule has 2 rings (SSSR count). The lowest BCUT2D eigenvalue weighted by molar-refractivity contribution is -0.0884. The molecule has 4 atom stereocenters. The fraction of sp³-hybridized carbons (Fsp3) is 0.647. The Morgan fingerprint density at radius 1 is 1.25 bits per heavy atom. The average molecular weight is 277 g/mol. The van der Waals surface area contributed by atoms with Crippen LogP contribution < -0.4 is 10.1 Å². The monoisotopic (exact) mass is 277 g/mol. The van der Waals surface area contributed by atoms with Gasteiger partial charge in [-0.2, -0.15) is 0 Å². The molecule has 1 aromatic rings. The third-order valence-electron chi connectivity index (χ3n) is 4.34. The predicted octanol–water partition coefficient (Wildman–Crippen LogP) is 3.34. The maximum absolute atomic E-state index is 6.03. The third kappa shape index (κ3) is 3.33. The van der Waals surface area contributed by atoms with E-state index in [0.29, 0.717) is 12.0 Å². The molecule has 112 valence electrons. The van der Waals surface area contributed by atoms with Crippen LogP contribution >= 0.6 is 0 Å². The summed E-state index contributed by atoms with van der Waals surface area (Å²) >= 11 is 0. The molecule has 0 saturated heterocycles. The van der Waals surface area contributed by atoms with E-state index in [1.165, 1.54) is 12.0 Å². The number of rotatable bonds is 7. The van der Waals surface area contributed by atoms with Gasteiger partial charge in [-0.05, 0) is 36.6 Å². The summed E-state index contributed by atoms with van der Waals surface area (Å²) in [5.41, 5.74) is 1.38. The van der Waals surface area contributed by atoms with Crippen LogP contribution in [0.25, 0.3) is 0 Å². The fourth-order valence-corrected chi connectivity index (χ4v) is 2.76. The van der Waals surface area contributed by atoms with Crippen molar-refractivity contribution < 1.29 is 9.47 Å². The van der Waals surface area contributed by atoms with Gasteiger partial charge in [-0.15, -0.1) is 0 Å². The molecular weight excluding hydrogens is 250 g/mol. The lowest BCUT2D eigenvalue weighted by Crippen LogP contribution is -2.60. The van der Waals surface area contributed by atoms with Crippen molar-refractivity contribution in [2.75, 3.05) is 13.7 Å². The first-order valence-electron chi connectivity index (χ1n) is 7.72. The predicted molar refractivity (Wildman–Crippen MR) is 82.4 cm³/mol. The summed E-state index contributed by atoms with van der Waals surface area (Å²) in [6.45, 7) is 7.56. The van der Waals surface area contributed by atoms with Crippen molar-refractivity contribution in [1.82, 2.24) is 5.32 Å². The summed E-state index contributed by atoms with van der Waals surface area (Å²) < 4.78 is 11.6. The van der Waals surface area contributed by atoms with Gasteiger partial charge in [0.05, 0.1) is 0 Å². The second-order valence-corrected chi connectivity index (χ2v) is 5.63. The molecule has 1 saturated carbocycles. The zero-order chi connectivity index (χ0) is 14.5. The van der Waals surface area contributed by atoms with Crippen LogP contribution in [0.1, 0.15) is 45.1 Å². The van der Waals surface area contributed by atoms with Gasteiger partial charge in [0.15, 0.2) is 0 Å². The summed E-state index contributed by atoms with van der Waals surface area (Å²) in [6.07, 6.45) is 2.50. The van der Waals surface area contributed by atoms with Gasteiger partial charge >= 0.3 is 0 Å². The van der Waals surface area contributed by atoms with Gasteiger partial charge in [0, 0.05) is 19.6 Å². The van der Waals surface area contributed by atoms with Crippen molar-refractivity contribution in [3.8, 4) is 5.75 Å². The van der Waals surface area contributed by atoms with Crippen LogP contribution in [0.3, 0.4) is 0 Å². The Bertz CT molecular complexity index is 404. The molecule has 0 aliphatic heterocycles. The summed E-state index contributed by atoms with van der Waals surface area (Å²) in [5.74, 6) is 1.55. The molecular formula is C17H27NO2. The van der Waals surface area contributed by atoms with Crippen LogP contribution in [0.15, 0.2) is 24.3 Å². The minimum absolute atomic E-state index is 0.157. The lowest BCUT2D eigenvalue weighted by atomic mass is 9.85. The van der Waals surface area contributed by atoms with Crippen LogP contribution in [-0.4, -0.2) is 31.9 Å². The largest absolute Gasteiger partial charge is 0.488 e. The SMILES string of the molecule is CCNC1CC(Oc2ccc(C(C)CC)cc2)C1OC. The lowest BCUT2D eigenvalue weighted by Gasteiger charge is -2.43. The average Bonchev–Trinajstić information content (AvgIpc) is 2.46. The standard InChI is InChI=1S/C17H27NO2/c1-5-12(3)13-7-9-14(10-8-13)20-16-11-15(18-6-2)17(16)19-4/h7-10,12,15-18H,5-6,11H2,1-4H3. The quantitative estimate of drug-likeness (QED) is 0.829. The van der Waals surface area contributed by atoms with Crippen molar-refractivity contribution in [2.24, 2.45) is 0 Å². The topological polar surface area (TPSA) is 30.5 Å². The highest BCUT2D eigenvalue weighted by Gasteiger charge is 2.42. The zero-order valence-corrected chi connectivity index (χ0v) is 13.1. The summed E-state index contributed by atoms with van der Waals surface area (Å²) in [7, 11) is 1.76. The third-order valence-corrected chi connectivity index (χ3v) is 4.34. The van der Waals surface area contributed by atoms with Crippen LogP contribution in [-0.2, 0) is 4.74 Å². The van der Waals surface area contributed by atoms with E-state index in [9.17, 15) is 0 Å². The molecule has 0 amide bonds. The van der Waals surface area contributed by atoms with Gasteiger partial charge in [-0.3, -0.25) is 0 Å². The van der Waals surface area contributed by atoms with E-state index in [1.54, 1.807) is 7.11 Å². The van der Waals surface area contributed by atoms with Crippen molar-refractivity contribution in [1.29, 1.82) is 0 Å². The van der Waals surface area contributed by atoms with E-state index < -0.39 is 0 Å². The van der Waals surface area contributed by atoms with Gasteiger partial charge in [0.2, 0.25) is 0 Å². The Hall–Kier alpha value is -1.06. The Kier molecular flexibility index (Phi) is 5.44. The highest BCUT2D eigenvalue weighted by atomic mass is 16.5. The first-order valence-corrected chi connectivity index (χ1v) is 7.72. The molecule has 1 fully saturated rings. The van der Waals surface area contributed by atoms with Crippen molar-refractivity contribution in [3.05, 3.63) is 29.8 Å². The molecule has 3 nitrogen and oxygen atoms in total. The van der Waals surface area contributed by atoms with E-state index in [-0.39, 0.29) is 12.2 Å². The maximum atomic E-state index is 6.03. The van der Waals surface area contributed by atoms with Gasteiger partial charge < -0.3 is 14.8 Å². The molecule has 20 heavy (non-hydrogen) atoms. The minimum atomic E-state index is 0.157. The van der Waals surface area contributed by atoms with Gasteiger partial charge in [0.25, 0.3) is 0 Å². The first-order chi connectivity index (χ1) is 9.69. The molecule has 1 N–H and O–H groups in total. The summed E-state index contributed by atoms with van der Waals surface area (Å²) in [4.78, 5) is 0. The number of likely N-dealkylation sites (N-methyl/N-ethyl adjacent to an activating group) is 1. The molecule has 0 bridgehead atoms. The molecule has 0 spiro atoms. The first kappa shape index (κ1) is 15.3. The van der Waals surface area contributed by atoms with Crippen molar-refractivity contribution in [2.45, 2.75) is 57.8 Å². The Balaban J connectivity index is 1.91. The number of ether oxygens (including phenoxy) is 2. The number of hydrogen-bond donors (Lipinski definition) is 1. The maximum Gasteiger partial charge on any atom is 0.128 e. The second-order valence-electron chi connectivity index (χ2n) is 5.63. The van der Waals surface area contributed by atoms with Gasteiger partial charge in [0.1, 0.15) is 18.0 Å². The van der Waals surface area contributed by atoms with Gasteiger partial charge in [-0.1, -0.05) is 32.9 Å². The summed E-state index contributed by atoms with van der Waals surface area (Å²) in [5, 5.41) is 3.43. The van der Waals surface area contributed by atoms with Crippen LogP contribution in [0.2, 0.25) is 0 Å². The van der Waals surface area contributed by atoms with E-state index in [4.69, 9.17) is 9.47 Å². The number of methoxy groups -OCH3 is 1. The zero-order valence-electron chi connectivity index (χ0n) is 13.1. The Labute approximate surface area is 122 Å². The van der Waals surface area contributed by atoms with E-state index >= 15 is 0 Å². The van der Waals surface area contributed by atoms with Crippen molar-refractivity contribution in [3.63, 3.8) is 0 Å². The van der Waals surface area contributed by atoms with E-state index in [0.717, 1.165) is 18.7 Å². The van der Waals surface area contributed by atoms with Crippen molar-refractivity contribution >= 4 is 0 Å². The van der Waals surface area contributed by atoms with E-state index in [1.807, 2.05) is 0 Å². The van der Waals surface area contributed by atoms with E-state index in [2.05, 4.69) is 50.4 Å². The smallest absolute Gasteiger partial charge is 0.128 e. The number of nitrogens with one attached hydrogen (secondary N) is 1. The molecule has 1 aliphatic rings. The minimum Gasteiger partial charge on any atom is -0.488 e. The van der Waals surface area contributed by atoms with Crippen LogP contribution in [0.4, 0.5) is 0 Å². The highest BCUT2D eigenvalue weighted by molar-refractivity contribution is 5.29. The second kappa shape index (κ2) is 7.09. The Morgan fingerprint density at radius 3 is 2.50 bits per heavy atom. The molecule has 4 unspecified atom stereocenters. The molecule has 0 heterocycles. The van der Waals surface area contributed by atoms with Crippen LogP contribution in [0, 0.1) is 0 Å². The molecule has 1 aromatic carbocycles. The van der Waals surface area contributed by atoms with Crippen LogP contribution in [0.5, 0.6) is 5.75 Å². The summed E-state index contributed by atoms with van der Waals surface area (Å²) in [6, 6.07) is 8.93. The normalized spacial score (nSPS) is 26.9. The molecule has 0 aromatic heterocycles. The molecule has 0 radical (unpaired) electrons.